The molecule has 1 aromatic rings. The van der Waals surface area contributed by atoms with Crippen LogP contribution in [0, 0.1) is 0 Å². The summed E-state index contributed by atoms with van der Waals surface area (Å²) in [6, 6.07) is 8.07. The van der Waals surface area contributed by atoms with Crippen molar-refractivity contribution in [2.75, 3.05) is 20.2 Å². The molecule has 1 aliphatic heterocycles. The van der Waals surface area contributed by atoms with Crippen LogP contribution in [0.3, 0.4) is 0 Å². The van der Waals surface area contributed by atoms with Crippen molar-refractivity contribution < 1.29 is 14.3 Å². The summed E-state index contributed by atoms with van der Waals surface area (Å²) in [6.07, 6.45) is 0.983. The lowest BCUT2D eigenvalue weighted by Crippen LogP contribution is -2.24. The predicted octanol–water partition coefficient (Wildman–Crippen LogP) is 1.83. The molecule has 1 saturated heterocycles. The van der Waals surface area contributed by atoms with Gasteiger partial charge in [0.1, 0.15) is 11.9 Å². The van der Waals surface area contributed by atoms with Gasteiger partial charge in [-0.1, -0.05) is 12.1 Å². The predicted molar refractivity (Wildman–Crippen MR) is 68.4 cm³/mol. The topological polar surface area (TPSA) is 38.8 Å². The number of methoxy groups -OCH3 is 1. The number of nitrogens with zero attached hydrogens (tertiary/aromatic N) is 1. The number of rotatable bonds is 4. The van der Waals surface area contributed by atoms with Crippen LogP contribution in [0.2, 0.25) is 0 Å². The Balaban J connectivity index is 1.85. The molecule has 0 amide bonds. The average Bonchev–Trinajstić information content (AvgIpc) is 2.76. The number of hydrogen-bond acceptors (Lipinski definition) is 4. The monoisotopic (exact) mass is 249 g/mol. The van der Waals surface area contributed by atoms with E-state index in [-0.39, 0.29) is 12.1 Å². The SMILES string of the molecule is COc1ccc(CN2CC[C@H](OC(C)=O)C2)cc1. The quantitative estimate of drug-likeness (QED) is 0.763. The van der Waals surface area contributed by atoms with E-state index in [9.17, 15) is 4.79 Å². The number of hydrogen-bond donors (Lipinski definition) is 0. The molecule has 4 heteroatoms. The van der Waals surface area contributed by atoms with Crippen molar-refractivity contribution in [2.24, 2.45) is 0 Å². The molecule has 0 aliphatic carbocycles. The zero-order chi connectivity index (χ0) is 13.0. The first kappa shape index (κ1) is 12.9. The summed E-state index contributed by atoms with van der Waals surface area (Å²) in [5.41, 5.74) is 1.25. The smallest absolute Gasteiger partial charge is 0.302 e. The highest BCUT2D eigenvalue weighted by atomic mass is 16.5. The summed E-state index contributed by atoms with van der Waals surface area (Å²) in [4.78, 5) is 13.2. The van der Waals surface area contributed by atoms with Gasteiger partial charge in [-0.2, -0.15) is 0 Å². The van der Waals surface area contributed by atoms with Crippen molar-refractivity contribution in [3.05, 3.63) is 29.8 Å². The van der Waals surface area contributed by atoms with Gasteiger partial charge >= 0.3 is 5.97 Å². The molecule has 0 spiro atoms. The van der Waals surface area contributed by atoms with Crippen LogP contribution in [-0.2, 0) is 16.1 Å². The fraction of sp³-hybridized carbons (Fsp3) is 0.500. The maximum atomic E-state index is 10.9. The van der Waals surface area contributed by atoms with E-state index in [1.165, 1.54) is 12.5 Å². The van der Waals surface area contributed by atoms with Crippen LogP contribution in [0.5, 0.6) is 5.75 Å². The molecule has 4 nitrogen and oxygen atoms in total. The Morgan fingerprint density at radius 1 is 1.39 bits per heavy atom. The molecule has 1 aliphatic rings. The van der Waals surface area contributed by atoms with E-state index in [2.05, 4.69) is 17.0 Å². The van der Waals surface area contributed by atoms with Crippen molar-refractivity contribution >= 4 is 5.97 Å². The normalized spacial score (nSPS) is 19.8. The molecule has 0 aromatic heterocycles. The molecule has 98 valence electrons. The molecule has 0 unspecified atom stereocenters. The Morgan fingerprint density at radius 3 is 2.72 bits per heavy atom. The third-order valence-corrected chi connectivity index (χ3v) is 3.13. The second-order valence-corrected chi connectivity index (χ2v) is 4.60. The number of carbonyl (C=O) groups is 1. The van der Waals surface area contributed by atoms with E-state index in [1.807, 2.05) is 12.1 Å². The van der Waals surface area contributed by atoms with Gasteiger partial charge in [0, 0.05) is 26.6 Å². The second kappa shape index (κ2) is 5.87. The molecular weight excluding hydrogens is 230 g/mol. The van der Waals surface area contributed by atoms with Gasteiger partial charge in [-0.05, 0) is 24.1 Å². The van der Waals surface area contributed by atoms with Gasteiger partial charge in [0.15, 0.2) is 0 Å². The maximum absolute atomic E-state index is 10.9. The maximum Gasteiger partial charge on any atom is 0.302 e. The molecule has 0 bridgehead atoms. The Hall–Kier alpha value is -1.55. The highest BCUT2D eigenvalue weighted by Crippen LogP contribution is 2.18. The third-order valence-electron chi connectivity index (χ3n) is 3.13. The Kier molecular flexibility index (Phi) is 4.20. The van der Waals surface area contributed by atoms with Crippen molar-refractivity contribution in [3.63, 3.8) is 0 Å². The Labute approximate surface area is 107 Å². The van der Waals surface area contributed by atoms with Crippen molar-refractivity contribution in [2.45, 2.75) is 26.0 Å². The first-order valence-corrected chi connectivity index (χ1v) is 6.20. The largest absolute Gasteiger partial charge is 0.497 e. The number of benzene rings is 1. The molecule has 0 N–H and O–H groups in total. The zero-order valence-electron chi connectivity index (χ0n) is 10.9. The van der Waals surface area contributed by atoms with E-state index in [0.717, 1.165) is 31.8 Å². The molecule has 1 aromatic carbocycles. The fourth-order valence-corrected chi connectivity index (χ4v) is 2.26. The Bertz CT molecular complexity index is 402. The number of carbonyl (C=O) groups excluding carboxylic acids is 1. The van der Waals surface area contributed by atoms with Crippen LogP contribution >= 0.6 is 0 Å². The number of esters is 1. The summed E-state index contributed by atoms with van der Waals surface area (Å²) in [5, 5.41) is 0. The molecule has 2 rings (SSSR count). The van der Waals surface area contributed by atoms with Gasteiger partial charge in [0.2, 0.25) is 0 Å². The number of likely N-dealkylation sites (tertiary alicyclic amines) is 1. The second-order valence-electron chi connectivity index (χ2n) is 4.60. The minimum atomic E-state index is -0.189. The third kappa shape index (κ3) is 3.47. The Morgan fingerprint density at radius 2 is 2.11 bits per heavy atom. The van der Waals surface area contributed by atoms with Gasteiger partial charge < -0.3 is 9.47 Å². The molecule has 18 heavy (non-hydrogen) atoms. The van der Waals surface area contributed by atoms with Gasteiger partial charge in [-0.15, -0.1) is 0 Å². The van der Waals surface area contributed by atoms with Crippen LogP contribution in [0.1, 0.15) is 18.9 Å². The van der Waals surface area contributed by atoms with Gasteiger partial charge in [-0.3, -0.25) is 9.69 Å². The van der Waals surface area contributed by atoms with Gasteiger partial charge in [0.25, 0.3) is 0 Å². The highest BCUT2D eigenvalue weighted by molar-refractivity contribution is 5.66. The lowest BCUT2D eigenvalue weighted by atomic mass is 10.2. The van der Waals surface area contributed by atoms with Crippen LogP contribution in [0.4, 0.5) is 0 Å². The van der Waals surface area contributed by atoms with Crippen LogP contribution < -0.4 is 4.74 Å². The minimum absolute atomic E-state index is 0.0562. The lowest BCUT2D eigenvalue weighted by Gasteiger charge is -2.16. The summed E-state index contributed by atoms with van der Waals surface area (Å²) in [6.45, 7) is 4.16. The van der Waals surface area contributed by atoms with Gasteiger partial charge in [-0.25, -0.2) is 0 Å². The first-order valence-electron chi connectivity index (χ1n) is 6.20. The fourth-order valence-electron chi connectivity index (χ4n) is 2.26. The van der Waals surface area contributed by atoms with Crippen molar-refractivity contribution in [1.82, 2.24) is 4.90 Å². The summed E-state index contributed by atoms with van der Waals surface area (Å²) in [7, 11) is 1.67. The standard InChI is InChI=1S/C14H19NO3/c1-11(16)18-14-7-8-15(10-14)9-12-3-5-13(17-2)6-4-12/h3-6,14H,7-10H2,1-2H3/t14-/m0/s1. The summed E-state index contributed by atoms with van der Waals surface area (Å²) >= 11 is 0. The van der Waals surface area contributed by atoms with Crippen LogP contribution in [0.15, 0.2) is 24.3 Å². The first-order chi connectivity index (χ1) is 8.67. The van der Waals surface area contributed by atoms with Gasteiger partial charge in [0.05, 0.1) is 7.11 Å². The summed E-state index contributed by atoms with van der Waals surface area (Å²) in [5.74, 6) is 0.684. The molecule has 1 fully saturated rings. The average molecular weight is 249 g/mol. The van der Waals surface area contributed by atoms with Crippen LogP contribution in [0.25, 0.3) is 0 Å². The molecule has 0 saturated carbocycles. The van der Waals surface area contributed by atoms with E-state index in [0.29, 0.717) is 0 Å². The zero-order valence-corrected chi connectivity index (χ0v) is 10.9. The van der Waals surface area contributed by atoms with Crippen molar-refractivity contribution in [3.8, 4) is 5.75 Å². The number of ether oxygens (including phenoxy) is 2. The van der Waals surface area contributed by atoms with E-state index in [1.54, 1.807) is 7.11 Å². The van der Waals surface area contributed by atoms with E-state index >= 15 is 0 Å². The lowest BCUT2D eigenvalue weighted by molar-refractivity contribution is -0.145. The summed E-state index contributed by atoms with van der Waals surface area (Å²) < 4.78 is 10.3. The van der Waals surface area contributed by atoms with E-state index in [4.69, 9.17) is 9.47 Å². The highest BCUT2D eigenvalue weighted by Gasteiger charge is 2.24. The molecular formula is C14H19NO3. The molecule has 0 radical (unpaired) electrons. The van der Waals surface area contributed by atoms with Crippen molar-refractivity contribution in [1.29, 1.82) is 0 Å². The molecule has 1 atom stereocenters. The van der Waals surface area contributed by atoms with E-state index < -0.39 is 0 Å². The van der Waals surface area contributed by atoms with Crippen LogP contribution in [-0.4, -0.2) is 37.2 Å². The minimum Gasteiger partial charge on any atom is -0.497 e. The molecule has 1 heterocycles.